The van der Waals surface area contributed by atoms with Crippen molar-refractivity contribution in [2.24, 2.45) is 0 Å². The van der Waals surface area contributed by atoms with Gasteiger partial charge in [0.25, 0.3) is 0 Å². The Bertz CT molecular complexity index is 1080. The standard InChI is InChI=1S/C28H34FN3O3/c1-2-28(23-11-10-22(29)18-24(23)30-27(28)33)12-6-7-13-31-14-16-32(17-15-31)26-20-34-25(19-35-26)21-8-4-3-5-9-21/h3-4,8,10-11,18-20H,2,5-7,9,12-17H2,1H3,(H,30,33). The molecule has 1 atom stereocenters. The maximum Gasteiger partial charge on any atom is 0.235 e. The Labute approximate surface area is 206 Å². The van der Waals surface area contributed by atoms with E-state index in [1.165, 1.54) is 17.7 Å². The molecule has 6 nitrogen and oxygen atoms in total. The van der Waals surface area contributed by atoms with Gasteiger partial charge < -0.3 is 19.7 Å². The van der Waals surface area contributed by atoms with E-state index in [1.807, 2.05) is 6.92 Å². The highest BCUT2D eigenvalue weighted by atomic mass is 19.1. The van der Waals surface area contributed by atoms with E-state index in [2.05, 4.69) is 33.3 Å². The molecule has 0 radical (unpaired) electrons. The molecule has 186 valence electrons. The summed E-state index contributed by atoms with van der Waals surface area (Å²) in [5.74, 6) is 1.26. The normalized spacial score (nSPS) is 24.1. The molecule has 1 amide bonds. The van der Waals surface area contributed by atoms with Gasteiger partial charge in [-0.25, -0.2) is 4.39 Å². The molecular weight excluding hydrogens is 445 g/mol. The van der Waals surface area contributed by atoms with Gasteiger partial charge in [-0.15, -0.1) is 0 Å². The number of rotatable bonds is 8. The smallest absolute Gasteiger partial charge is 0.235 e. The Morgan fingerprint density at radius 2 is 1.97 bits per heavy atom. The second-order valence-electron chi connectivity index (χ2n) is 9.70. The fourth-order valence-corrected chi connectivity index (χ4v) is 5.52. The molecule has 0 spiro atoms. The van der Waals surface area contributed by atoms with Crippen LogP contribution >= 0.6 is 0 Å². The second kappa shape index (κ2) is 10.3. The first-order valence-corrected chi connectivity index (χ1v) is 12.8. The van der Waals surface area contributed by atoms with Crippen LogP contribution in [0, 0.1) is 5.82 Å². The zero-order valence-corrected chi connectivity index (χ0v) is 20.4. The maximum atomic E-state index is 13.6. The minimum absolute atomic E-state index is 0.00522. The summed E-state index contributed by atoms with van der Waals surface area (Å²) in [5.41, 5.74) is 2.20. The van der Waals surface area contributed by atoms with Crippen LogP contribution in [-0.4, -0.2) is 48.4 Å². The topological polar surface area (TPSA) is 54.0 Å². The molecule has 0 bridgehead atoms. The molecule has 1 aromatic rings. The van der Waals surface area contributed by atoms with Crippen molar-refractivity contribution in [2.45, 2.75) is 50.9 Å². The lowest BCUT2D eigenvalue weighted by molar-refractivity contribution is -0.121. The highest BCUT2D eigenvalue weighted by molar-refractivity contribution is 6.06. The van der Waals surface area contributed by atoms with Crippen LogP contribution in [0.4, 0.5) is 10.1 Å². The van der Waals surface area contributed by atoms with Crippen molar-refractivity contribution in [1.29, 1.82) is 0 Å². The second-order valence-corrected chi connectivity index (χ2v) is 9.70. The molecule has 1 saturated heterocycles. The summed E-state index contributed by atoms with van der Waals surface area (Å²) in [6, 6.07) is 4.67. The molecule has 3 aliphatic heterocycles. The van der Waals surface area contributed by atoms with E-state index in [4.69, 9.17) is 9.47 Å². The monoisotopic (exact) mass is 479 g/mol. The first-order chi connectivity index (χ1) is 17.1. The summed E-state index contributed by atoms with van der Waals surface area (Å²) in [7, 11) is 0. The molecule has 1 aromatic carbocycles. The third-order valence-corrected chi connectivity index (χ3v) is 7.70. The van der Waals surface area contributed by atoms with Gasteiger partial charge in [-0.2, -0.15) is 0 Å². The van der Waals surface area contributed by atoms with Gasteiger partial charge in [0.15, 0.2) is 12.0 Å². The number of fused-ring (bicyclic) bond motifs is 1. The van der Waals surface area contributed by atoms with E-state index in [1.54, 1.807) is 18.6 Å². The predicted octanol–water partition coefficient (Wildman–Crippen LogP) is 5.18. The third-order valence-electron chi connectivity index (χ3n) is 7.70. The lowest BCUT2D eigenvalue weighted by Crippen LogP contribution is -2.46. The van der Waals surface area contributed by atoms with E-state index < -0.39 is 5.41 Å². The van der Waals surface area contributed by atoms with Gasteiger partial charge in [0.1, 0.15) is 12.1 Å². The summed E-state index contributed by atoms with van der Waals surface area (Å²) in [4.78, 5) is 17.5. The molecule has 3 heterocycles. The van der Waals surface area contributed by atoms with Crippen LogP contribution in [-0.2, 0) is 19.7 Å². The van der Waals surface area contributed by atoms with Crippen molar-refractivity contribution in [3.8, 4) is 0 Å². The number of hydrogen-bond donors (Lipinski definition) is 1. The quantitative estimate of drug-likeness (QED) is 0.521. The number of amides is 1. The summed E-state index contributed by atoms with van der Waals surface area (Å²) < 4.78 is 25.4. The van der Waals surface area contributed by atoms with Crippen molar-refractivity contribution in [2.75, 3.05) is 38.0 Å². The lowest BCUT2D eigenvalue weighted by atomic mass is 9.75. The summed E-state index contributed by atoms with van der Waals surface area (Å²) in [6.45, 7) is 6.77. The molecule has 1 unspecified atom stereocenters. The molecule has 1 fully saturated rings. The van der Waals surface area contributed by atoms with Crippen LogP contribution in [0.2, 0.25) is 0 Å². The zero-order chi connectivity index (χ0) is 24.3. The number of hydrogen-bond acceptors (Lipinski definition) is 5. The number of unbranched alkanes of at least 4 members (excludes halogenated alkanes) is 1. The Morgan fingerprint density at radius 3 is 2.69 bits per heavy atom. The van der Waals surface area contributed by atoms with E-state index in [9.17, 15) is 9.18 Å². The van der Waals surface area contributed by atoms with Crippen molar-refractivity contribution in [3.63, 3.8) is 0 Å². The Morgan fingerprint density at radius 1 is 1.11 bits per heavy atom. The fraction of sp³-hybridized carbons (Fsp3) is 0.464. The Kier molecular flexibility index (Phi) is 6.95. The van der Waals surface area contributed by atoms with E-state index in [0.29, 0.717) is 5.69 Å². The van der Waals surface area contributed by atoms with Gasteiger partial charge in [-0.05, 0) is 61.9 Å². The van der Waals surface area contributed by atoms with Crippen LogP contribution in [0.1, 0.15) is 51.0 Å². The number of nitrogens with one attached hydrogen (secondary N) is 1. The number of halogens is 1. The van der Waals surface area contributed by atoms with Gasteiger partial charge in [-0.1, -0.05) is 37.6 Å². The Balaban J connectivity index is 1.06. The number of nitrogens with zero attached hydrogens (tertiary/aromatic N) is 2. The van der Waals surface area contributed by atoms with Gasteiger partial charge in [0.05, 0.1) is 5.41 Å². The summed E-state index contributed by atoms with van der Waals surface area (Å²) in [5, 5.41) is 2.90. The number of allylic oxidation sites excluding steroid dienone is 4. The number of benzene rings is 1. The van der Waals surface area contributed by atoms with E-state index >= 15 is 0 Å². The van der Waals surface area contributed by atoms with Crippen LogP contribution in [0.5, 0.6) is 0 Å². The highest BCUT2D eigenvalue weighted by Crippen LogP contribution is 2.44. The van der Waals surface area contributed by atoms with Crippen LogP contribution < -0.4 is 5.32 Å². The van der Waals surface area contributed by atoms with Crippen LogP contribution in [0.15, 0.2) is 66.2 Å². The maximum absolute atomic E-state index is 13.6. The minimum Gasteiger partial charge on any atom is -0.456 e. The number of anilines is 1. The fourth-order valence-electron chi connectivity index (χ4n) is 5.52. The first kappa shape index (κ1) is 23.7. The van der Waals surface area contributed by atoms with Crippen molar-refractivity contribution < 1.29 is 18.7 Å². The number of piperazine rings is 1. The third kappa shape index (κ3) is 4.87. The SMILES string of the molecule is CCC1(CCCCN2CCN(C3=COC(C4=CC=CCC4)=CO3)CC2)C(=O)Nc2cc(F)ccc21. The molecule has 0 aromatic heterocycles. The average Bonchev–Trinajstić information content (AvgIpc) is 3.17. The molecule has 1 N–H and O–H groups in total. The van der Waals surface area contributed by atoms with Gasteiger partial charge in [0.2, 0.25) is 11.8 Å². The summed E-state index contributed by atoms with van der Waals surface area (Å²) >= 11 is 0. The number of ether oxygens (including phenoxy) is 2. The largest absolute Gasteiger partial charge is 0.456 e. The Hall–Kier alpha value is -3.06. The number of carbonyl (C=O) groups excluding carboxylic acids is 1. The molecule has 4 aliphatic rings. The lowest BCUT2D eigenvalue weighted by Gasteiger charge is -2.37. The molecule has 7 heteroatoms. The molecular formula is C28H34FN3O3. The first-order valence-electron chi connectivity index (χ1n) is 12.8. The van der Waals surface area contributed by atoms with Gasteiger partial charge in [0, 0.05) is 31.9 Å². The predicted molar refractivity (Wildman–Crippen MR) is 134 cm³/mol. The van der Waals surface area contributed by atoms with Gasteiger partial charge >= 0.3 is 0 Å². The van der Waals surface area contributed by atoms with E-state index in [-0.39, 0.29) is 11.7 Å². The van der Waals surface area contributed by atoms with E-state index in [0.717, 1.165) is 88.5 Å². The highest BCUT2D eigenvalue weighted by Gasteiger charge is 2.44. The zero-order valence-electron chi connectivity index (χ0n) is 20.4. The molecule has 35 heavy (non-hydrogen) atoms. The molecule has 5 rings (SSSR count). The number of carbonyl (C=O) groups is 1. The van der Waals surface area contributed by atoms with Crippen molar-refractivity contribution in [3.05, 3.63) is 77.5 Å². The molecule has 0 saturated carbocycles. The average molecular weight is 480 g/mol. The molecule has 1 aliphatic carbocycles. The van der Waals surface area contributed by atoms with Crippen LogP contribution in [0.3, 0.4) is 0 Å². The van der Waals surface area contributed by atoms with Crippen LogP contribution in [0.25, 0.3) is 0 Å². The van der Waals surface area contributed by atoms with Crippen molar-refractivity contribution in [1.82, 2.24) is 9.80 Å². The van der Waals surface area contributed by atoms with Gasteiger partial charge in [-0.3, -0.25) is 9.69 Å². The minimum atomic E-state index is -0.539. The summed E-state index contributed by atoms with van der Waals surface area (Å²) in [6.07, 6.45) is 15.2. The van der Waals surface area contributed by atoms with Crippen molar-refractivity contribution >= 4 is 11.6 Å².